The van der Waals surface area contributed by atoms with Crippen molar-refractivity contribution >= 4 is 68.3 Å². The van der Waals surface area contributed by atoms with Crippen molar-refractivity contribution in [2.75, 3.05) is 28.2 Å². The van der Waals surface area contributed by atoms with Gasteiger partial charge in [0.2, 0.25) is 5.95 Å². The number of fused-ring (bicyclic) bond motifs is 1. The smallest absolute Gasteiger partial charge is 0.255 e. The van der Waals surface area contributed by atoms with Crippen LogP contribution in [-0.2, 0) is 4.79 Å². The van der Waals surface area contributed by atoms with Crippen LogP contribution in [0.4, 0.5) is 23.0 Å². The fourth-order valence-electron chi connectivity index (χ4n) is 4.17. The third kappa shape index (κ3) is 6.62. The van der Waals surface area contributed by atoms with Crippen LogP contribution in [0.2, 0.25) is 5.02 Å². The molecule has 0 aliphatic rings. The molecule has 40 heavy (non-hydrogen) atoms. The number of anilines is 4. The van der Waals surface area contributed by atoms with Crippen LogP contribution < -0.4 is 16.0 Å². The second-order valence-electron chi connectivity index (χ2n) is 8.86. The van der Waals surface area contributed by atoms with E-state index in [1.807, 2.05) is 73.8 Å². The van der Waals surface area contributed by atoms with Gasteiger partial charge in [-0.15, -0.1) is 0 Å². The molecule has 202 valence electrons. The molecule has 0 saturated carbocycles. The Hall–Kier alpha value is -4.34. The Kier molecular flexibility index (Phi) is 8.63. The molecule has 2 heterocycles. The lowest BCUT2D eigenvalue weighted by atomic mass is 10.1. The summed E-state index contributed by atoms with van der Waals surface area (Å²) in [4.78, 5) is 36.7. The summed E-state index contributed by atoms with van der Waals surface area (Å²) < 4.78 is 0. The van der Waals surface area contributed by atoms with Crippen molar-refractivity contribution in [2.45, 2.75) is 13.3 Å². The fourth-order valence-corrected chi connectivity index (χ4v) is 4.93. The predicted octanol–water partition coefficient (Wildman–Crippen LogP) is 7.36. The third-order valence-corrected chi connectivity index (χ3v) is 7.17. The van der Waals surface area contributed by atoms with Crippen molar-refractivity contribution in [2.24, 2.45) is 0 Å². The van der Waals surface area contributed by atoms with E-state index in [-0.39, 0.29) is 11.0 Å². The number of para-hydroxylation sites is 1. The standard InChI is InChI=1S/C30H27ClN6O2S/c1-2-40-27(38)14-15-32-20-12-10-19(11-13-20)29(39)35-21-6-5-7-22(16-21)36-30-34-18-25(31)28(37-30)24-17-33-26-9-4-3-8-23(24)26/h3-13,16-18,32-33H,2,14-15H2,1H3,(H,35,39)(H,34,36,37). The van der Waals surface area contributed by atoms with Gasteiger partial charge in [-0.25, -0.2) is 9.97 Å². The number of nitrogens with zero attached hydrogens (tertiary/aromatic N) is 2. The Balaban J connectivity index is 1.23. The van der Waals surface area contributed by atoms with Gasteiger partial charge >= 0.3 is 0 Å². The summed E-state index contributed by atoms with van der Waals surface area (Å²) in [7, 11) is 0. The van der Waals surface area contributed by atoms with Crippen LogP contribution in [0.25, 0.3) is 22.2 Å². The van der Waals surface area contributed by atoms with Crippen LogP contribution in [0.5, 0.6) is 0 Å². The molecule has 4 N–H and O–H groups in total. The van der Waals surface area contributed by atoms with Gasteiger partial charge in [-0.2, -0.15) is 0 Å². The second kappa shape index (κ2) is 12.7. The molecule has 5 rings (SSSR count). The highest BCUT2D eigenvalue weighted by Crippen LogP contribution is 2.32. The van der Waals surface area contributed by atoms with Gasteiger partial charge in [0.1, 0.15) is 0 Å². The van der Waals surface area contributed by atoms with E-state index >= 15 is 0 Å². The van der Waals surface area contributed by atoms with Gasteiger partial charge in [0.15, 0.2) is 5.12 Å². The minimum atomic E-state index is -0.234. The number of carbonyl (C=O) groups is 2. The molecule has 8 nitrogen and oxygen atoms in total. The number of benzene rings is 3. The van der Waals surface area contributed by atoms with E-state index < -0.39 is 0 Å². The lowest BCUT2D eigenvalue weighted by molar-refractivity contribution is -0.110. The molecule has 3 aromatic carbocycles. The van der Waals surface area contributed by atoms with E-state index in [4.69, 9.17) is 11.6 Å². The predicted molar refractivity (Wildman–Crippen MR) is 165 cm³/mol. The lowest BCUT2D eigenvalue weighted by Gasteiger charge is -2.11. The maximum atomic E-state index is 12.8. The highest BCUT2D eigenvalue weighted by atomic mass is 35.5. The first-order valence-corrected chi connectivity index (χ1v) is 14.1. The van der Waals surface area contributed by atoms with Crippen molar-refractivity contribution in [1.82, 2.24) is 15.0 Å². The van der Waals surface area contributed by atoms with Gasteiger partial charge in [-0.3, -0.25) is 9.59 Å². The highest BCUT2D eigenvalue weighted by molar-refractivity contribution is 8.13. The monoisotopic (exact) mass is 570 g/mol. The third-order valence-electron chi connectivity index (χ3n) is 6.08. The summed E-state index contributed by atoms with van der Waals surface area (Å²) in [6.07, 6.45) is 3.91. The van der Waals surface area contributed by atoms with E-state index in [9.17, 15) is 9.59 Å². The van der Waals surface area contributed by atoms with E-state index in [1.54, 1.807) is 18.3 Å². The average molecular weight is 571 g/mol. The summed E-state index contributed by atoms with van der Waals surface area (Å²) >= 11 is 7.78. The van der Waals surface area contributed by atoms with Crippen LogP contribution in [0.15, 0.2) is 85.2 Å². The molecule has 0 fully saturated rings. The zero-order chi connectivity index (χ0) is 27.9. The lowest BCUT2D eigenvalue weighted by Crippen LogP contribution is -2.12. The van der Waals surface area contributed by atoms with E-state index in [0.717, 1.165) is 27.9 Å². The minimum absolute atomic E-state index is 0.167. The molecular formula is C30H27ClN6O2S. The van der Waals surface area contributed by atoms with Crippen LogP contribution in [0, 0.1) is 0 Å². The number of rotatable bonds is 10. The van der Waals surface area contributed by atoms with Gasteiger partial charge in [0.05, 0.1) is 16.9 Å². The van der Waals surface area contributed by atoms with Gasteiger partial charge < -0.3 is 20.9 Å². The normalized spacial score (nSPS) is 10.8. The van der Waals surface area contributed by atoms with Gasteiger partial charge in [0, 0.05) is 58.3 Å². The van der Waals surface area contributed by atoms with Crippen molar-refractivity contribution in [3.05, 3.63) is 95.8 Å². The van der Waals surface area contributed by atoms with Gasteiger partial charge in [-0.05, 0) is 54.3 Å². The SMILES string of the molecule is CCSC(=O)CCNc1ccc(C(=O)Nc2cccc(Nc3ncc(Cl)c(-c4c[nH]c5ccccc45)n3)c2)cc1. The molecule has 0 saturated heterocycles. The number of hydrogen-bond acceptors (Lipinski definition) is 7. The molecule has 0 aliphatic carbocycles. The largest absolute Gasteiger partial charge is 0.385 e. The van der Waals surface area contributed by atoms with Crippen LogP contribution in [0.3, 0.4) is 0 Å². The number of carbonyl (C=O) groups excluding carboxylic acids is 2. The number of H-pyrrole nitrogens is 1. The Morgan fingerprint density at radius 3 is 2.60 bits per heavy atom. The summed E-state index contributed by atoms with van der Waals surface area (Å²) in [5.74, 6) is 0.928. The second-order valence-corrected chi connectivity index (χ2v) is 10.6. The quantitative estimate of drug-likeness (QED) is 0.139. The molecule has 5 aromatic rings. The summed E-state index contributed by atoms with van der Waals surface area (Å²) in [5.41, 5.74) is 5.20. The molecule has 0 spiro atoms. The van der Waals surface area contributed by atoms with Crippen LogP contribution >= 0.6 is 23.4 Å². The van der Waals surface area contributed by atoms with Crippen LogP contribution in [-0.4, -0.2) is 38.3 Å². The molecule has 2 aromatic heterocycles. The number of thioether (sulfide) groups is 1. The maximum Gasteiger partial charge on any atom is 0.255 e. The molecule has 0 unspecified atom stereocenters. The number of nitrogens with one attached hydrogen (secondary N) is 4. The van der Waals surface area contributed by atoms with Crippen molar-refractivity contribution in [3.63, 3.8) is 0 Å². The van der Waals surface area contributed by atoms with Gasteiger partial charge in [0.25, 0.3) is 5.91 Å². The molecule has 1 amide bonds. The summed E-state index contributed by atoms with van der Waals surface area (Å²) in [6, 6.07) is 22.4. The number of hydrogen-bond donors (Lipinski definition) is 4. The first kappa shape index (κ1) is 27.2. The zero-order valence-corrected chi connectivity index (χ0v) is 23.3. The molecule has 0 bridgehead atoms. The number of halogens is 1. The fraction of sp³-hybridized carbons (Fsp3) is 0.133. The Morgan fingerprint density at radius 1 is 0.975 bits per heavy atom. The van der Waals surface area contributed by atoms with E-state index in [0.29, 0.717) is 46.6 Å². The summed E-state index contributed by atoms with van der Waals surface area (Å²) in [5, 5.41) is 11.0. The molecule has 10 heteroatoms. The van der Waals surface area contributed by atoms with Crippen molar-refractivity contribution in [3.8, 4) is 11.3 Å². The molecule has 0 aliphatic heterocycles. The number of aromatic amines is 1. The molecule has 0 radical (unpaired) electrons. The number of aromatic nitrogens is 3. The maximum absolute atomic E-state index is 12.8. The molecule has 0 atom stereocenters. The van der Waals surface area contributed by atoms with E-state index in [1.165, 1.54) is 11.8 Å². The van der Waals surface area contributed by atoms with Crippen LogP contribution in [0.1, 0.15) is 23.7 Å². The number of amides is 1. The Labute approximate surface area is 241 Å². The Morgan fingerprint density at radius 2 is 1.77 bits per heavy atom. The van der Waals surface area contributed by atoms with E-state index in [2.05, 4.69) is 30.9 Å². The molecular weight excluding hydrogens is 544 g/mol. The van der Waals surface area contributed by atoms with Gasteiger partial charge in [-0.1, -0.05) is 54.6 Å². The minimum Gasteiger partial charge on any atom is -0.385 e. The zero-order valence-electron chi connectivity index (χ0n) is 21.7. The first-order chi connectivity index (χ1) is 19.5. The highest BCUT2D eigenvalue weighted by Gasteiger charge is 2.13. The topological polar surface area (TPSA) is 112 Å². The summed E-state index contributed by atoms with van der Waals surface area (Å²) in [6.45, 7) is 2.51. The van der Waals surface area contributed by atoms with Crippen molar-refractivity contribution < 1.29 is 9.59 Å². The Bertz CT molecular complexity index is 1650. The average Bonchev–Trinajstić information content (AvgIpc) is 3.39. The first-order valence-electron chi connectivity index (χ1n) is 12.8. The van der Waals surface area contributed by atoms with Crippen molar-refractivity contribution in [1.29, 1.82) is 0 Å².